The number of nitrogens with one attached hydrogen (secondary N) is 2. The van der Waals surface area contributed by atoms with E-state index in [1.807, 2.05) is 26.8 Å². The lowest BCUT2D eigenvalue weighted by atomic mass is 10.2. The van der Waals surface area contributed by atoms with E-state index >= 15 is 0 Å². The maximum Gasteiger partial charge on any atom is 0.407 e. The summed E-state index contributed by atoms with van der Waals surface area (Å²) in [5, 5.41) is 5.70. The number of aromatic nitrogens is 2. The van der Waals surface area contributed by atoms with Crippen molar-refractivity contribution in [2.24, 2.45) is 0 Å². The van der Waals surface area contributed by atoms with E-state index in [9.17, 15) is 4.79 Å². The normalized spacial score (nSPS) is 11.0. The van der Waals surface area contributed by atoms with Crippen LogP contribution in [0.2, 0.25) is 0 Å². The van der Waals surface area contributed by atoms with Crippen molar-refractivity contribution in [1.29, 1.82) is 0 Å². The van der Waals surface area contributed by atoms with Crippen LogP contribution >= 0.6 is 0 Å². The highest BCUT2D eigenvalue weighted by molar-refractivity contribution is 5.67. The largest absolute Gasteiger partial charge is 0.472 e. The SMILES string of the molecule is CC(C)(C)OC(=O)NCCNc1nccc(-c2ccoc2)n1. The first-order valence-electron chi connectivity index (χ1n) is 7.00. The van der Waals surface area contributed by atoms with Gasteiger partial charge >= 0.3 is 6.09 Å². The summed E-state index contributed by atoms with van der Waals surface area (Å²) in [5.41, 5.74) is 1.16. The van der Waals surface area contributed by atoms with Gasteiger partial charge < -0.3 is 19.8 Å². The molecule has 0 saturated carbocycles. The summed E-state index contributed by atoms with van der Waals surface area (Å²) >= 11 is 0. The van der Waals surface area contributed by atoms with Crippen LogP contribution in [0.4, 0.5) is 10.7 Å². The molecule has 2 rings (SSSR count). The lowest BCUT2D eigenvalue weighted by Gasteiger charge is -2.19. The maximum absolute atomic E-state index is 11.5. The number of furan rings is 1. The standard InChI is InChI=1S/C15H20N4O3/c1-15(2,3)22-14(20)18-8-7-17-13-16-6-4-12(19-13)11-5-9-21-10-11/h4-6,9-10H,7-8H2,1-3H3,(H,18,20)(H,16,17,19). The molecule has 0 saturated heterocycles. The Morgan fingerprint density at radius 1 is 1.32 bits per heavy atom. The molecule has 0 fully saturated rings. The summed E-state index contributed by atoms with van der Waals surface area (Å²) < 4.78 is 10.2. The van der Waals surface area contributed by atoms with E-state index in [1.165, 1.54) is 0 Å². The van der Waals surface area contributed by atoms with Crippen LogP contribution in [0.15, 0.2) is 35.3 Å². The van der Waals surface area contributed by atoms with Crippen LogP contribution in [0.3, 0.4) is 0 Å². The van der Waals surface area contributed by atoms with E-state index in [1.54, 1.807) is 24.8 Å². The molecule has 2 N–H and O–H groups in total. The van der Waals surface area contributed by atoms with E-state index in [-0.39, 0.29) is 0 Å². The molecule has 7 nitrogen and oxygen atoms in total. The molecular formula is C15H20N4O3. The van der Waals surface area contributed by atoms with Crippen LogP contribution in [0.25, 0.3) is 11.3 Å². The number of nitrogens with zero attached hydrogens (tertiary/aromatic N) is 2. The molecule has 2 aromatic rings. The molecule has 2 heterocycles. The van der Waals surface area contributed by atoms with Crippen LogP contribution in [0.1, 0.15) is 20.8 Å². The smallest absolute Gasteiger partial charge is 0.407 e. The Labute approximate surface area is 129 Å². The Bertz CT molecular complexity index is 606. The van der Waals surface area contributed by atoms with Gasteiger partial charge in [-0.1, -0.05) is 0 Å². The van der Waals surface area contributed by atoms with Gasteiger partial charge in [-0.05, 0) is 32.9 Å². The molecule has 2 aromatic heterocycles. The molecule has 0 unspecified atom stereocenters. The Kier molecular flexibility index (Phi) is 4.98. The van der Waals surface area contributed by atoms with Crippen molar-refractivity contribution in [3.05, 3.63) is 30.9 Å². The van der Waals surface area contributed by atoms with E-state index in [4.69, 9.17) is 9.15 Å². The Balaban J connectivity index is 1.78. The molecule has 0 aliphatic carbocycles. The minimum Gasteiger partial charge on any atom is -0.472 e. The van der Waals surface area contributed by atoms with E-state index in [0.29, 0.717) is 19.0 Å². The Morgan fingerprint density at radius 3 is 2.82 bits per heavy atom. The Hall–Kier alpha value is -2.57. The number of alkyl carbamates (subject to hydrolysis) is 1. The predicted octanol–water partition coefficient (Wildman–Crippen LogP) is 2.67. The Morgan fingerprint density at radius 2 is 2.14 bits per heavy atom. The molecule has 0 aliphatic rings. The summed E-state index contributed by atoms with van der Waals surface area (Å²) in [6.07, 6.45) is 4.44. The van der Waals surface area contributed by atoms with E-state index in [2.05, 4.69) is 20.6 Å². The van der Waals surface area contributed by atoms with Crippen molar-refractivity contribution < 1.29 is 13.9 Å². The number of carbonyl (C=O) groups is 1. The van der Waals surface area contributed by atoms with Gasteiger partial charge in [0.1, 0.15) is 5.60 Å². The summed E-state index contributed by atoms with van der Waals surface area (Å²) in [5.74, 6) is 0.490. The van der Waals surface area contributed by atoms with E-state index in [0.717, 1.165) is 11.3 Å². The lowest BCUT2D eigenvalue weighted by Crippen LogP contribution is -2.35. The monoisotopic (exact) mass is 304 g/mol. The number of amides is 1. The molecule has 0 radical (unpaired) electrons. The number of ether oxygens (including phenoxy) is 1. The van der Waals surface area contributed by atoms with Gasteiger partial charge in [-0.3, -0.25) is 0 Å². The van der Waals surface area contributed by atoms with E-state index < -0.39 is 11.7 Å². The zero-order chi connectivity index (χ0) is 16.0. The number of hydrogen-bond acceptors (Lipinski definition) is 6. The first-order chi connectivity index (χ1) is 10.4. The summed E-state index contributed by atoms with van der Waals surface area (Å²) in [6.45, 7) is 6.36. The van der Waals surface area contributed by atoms with Crippen LogP contribution < -0.4 is 10.6 Å². The van der Waals surface area contributed by atoms with Gasteiger partial charge in [0.25, 0.3) is 0 Å². The predicted molar refractivity (Wildman–Crippen MR) is 82.5 cm³/mol. The number of carbonyl (C=O) groups excluding carboxylic acids is 1. The molecule has 0 aliphatic heterocycles. The van der Waals surface area contributed by atoms with Crippen LogP contribution in [-0.2, 0) is 4.74 Å². The van der Waals surface area contributed by atoms with Crippen LogP contribution in [-0.4, -0.2) is 34.8 Å². The molecule has 0 spiro atoms. The van der Waals surface area contributed by atoms with Crippen molar-refractivity contribution in [2.45, 2.75) is 26.4 Å². The number of hydrogen-bond donors (Lipinski definition) is 2. The van der Waals surface area contributed by atoms with Crippen molar-refractivity contribution in [1.82, 2.24) is 15.3 Å². The summed E-state index contributed by atoms with van der Waals surface area (Å²) in [6, 6.07) is 3.63. The molecule has 0 bridgehead atoms. The van der Waals surface area contributed by atoms with Crippen LogP contribution in [0, 0.1) is 0 Å². The number of anilines is 1. The van der Waals surface area contributed by atoms with Crippen molar-refractivity contribution >= 4 is 12.0 Å². The van der Waals surface area contributed by atoms with Gasteiger partial charge in [-0.2, -0.15) is 0 Å². The number of rotatable bonds is 5. The van der Waals surface area contributed by atoms with Gasteiger partial charge in [0.15, 0.2) is 0 Å². The maximum atomic E-state index is 11.5. The molecule has 118 valence electrons. The van der Waals surface area contributed by atoms with Crippen molar-refractivity contribution in [2.75, 3.05) is 18.4 Å². The van der Waals surface area contributed by atoms with Crippen LogP contribution in [0.5, 0.6) is 0 Å². The molecule has 0 atom stereocenters. The highest BCUT2D eigenvalue weighted by Gasteiger charge is 2.15. The molecule has 0 aromatic carbocycles. The quantitative estimate of drug-likeness (QED) is 0.825. The molecule has 1 amide bonds. The third kappa shape index (κ3) is 5.08. The summed E-state index contributed by atoms with van der Waals surface area (Å²) in [4.78, 5) is 20.0. The third-order valence-corrected chi connectivity index (χ3v) is 2.55. The first kappa shape index (κ1) is 15.8. The second-order valence-corrected chi connectivity index (χ2v) is 5.63. The van der Waals surface area contributed by atoms with Gasteiger partial charge in [0.05, 0.1) is 18.2 Å². The topological polar surface area (TPSA) is 89.3 Å². The van der Waals surface area contributed by atoms with Gasteiger partial charge in [-0.15, -0.1) is 0 Å². The molecular weight excluding hydrogens is 284 g/mol. The van der Waals surface area contributed by atoms with Gasteiger partial charge in [-0.25, -0.2) is 14.8 Å². The average molecular weight is 304 g/mol. The first-order valence-corrected chi connectivity index (χ1v) is 7.00. The zero-order valence-corrected chi connectivity index (χ0v) is 12.9. The second kappa shape index (κ2) is 6.93. The lowest BCUT2D eigenvalue weighted by molar-refractivity contribution is 0.0530. The fraction of sp³-hybridized carbons (Fsp3) is 0.400. The fourth-order valence-corrected chi connectivity index (χ4v) is 1.67. The zero-order valence-electron chi connectivity index (χ0n) is 12.9. The van der Waals surface area contributed by atoms with Gasteiger partial charge in [0, 0.05) is 24.8 Å². The highest BCUT2D eigenvalue weighted by Crippen LogP contribution is 2.17. The van der Waals surface area contributed by atoms with Gasteiger partial charge in [0.2, 0.25) is 5.95 Å². The second-order valence-electron chi connectivity index (χ2n) is 5.63. The summed E-state index contributed by atoms with van der Waals surface area (Å²) in [7, 11) is 0. The third-order valence-electron chi connectivity index (χ3n) is 2.55. The fourth-order valence-electron chi connectivity index (χ4n) is 1.67. The van der Waals surface area contributed by atoms with Crippen molar-refractivity contribution in [3.63, 3.8) is 0 Å². The highest BCUT2D eigenvalue weighted by atomic mass is 16.6. The molecule has 7 heteroatoms. The average Bonchev–Trinajstić information content (AvgIpc) is 2.96. The molecule has 22 heavy (non-hydrogen) atoms. The van der Waals surface area contributed by atoms with Crippen molar-refractivity contribution in [3.8, 4) is 11.3 Å². The minimum atomic E-state index is -0.500. The minimum absolute atomic E-state index is 0.411.